The van der Waals surface area contributed by atoms with Gasteiger partial charge in [0.1, 0.15) is 11.6 Å². The van der Waals surface area contributed by atoms with Gasteiger partial charge in [-0.1, -0.05) is 0 Å². The number of nitrogens with zero attached hydrogens (tertiary/aromatic N) is 1. The molecule has 1 aromatic heterocycles. The molecule has 1 N–H and O–H groups in total. The second-order valence-electron chi connectivity index (χ2n) is 6.27. The number of hydrogen-bond acceptors (Lipinski definition) is 3. The molecule has 26 heavy (non-hydrogen) atoms. The molecular weight excluding hydrogens is 355 g/mol. The highest BCUT2D eigenvalue weighted by molar-refractivity contribution is 7.89. The standard InChI is InChI=1S/C19H19FN2O3S/c1-2-25-14-4-6-15(7-5-14)26(23,24)22-10-9-16-17-11-13(20)3-8-18(17)21-19(16)12-22/h3-8,11,21H,2,9-10,12H2,1H3. The van der Waals surface area contributed by atoms with Crippen LogP contribution in [0.15, 0.2) is 47.4 Å². The molecule has 1 aliphatic rings. The van der Waals surface area contributed by atoms with Crippen molar-refractivity contribution in [1.29, 1.82) is 0 Å². The van der Waals surface area contributed by atoms with Gasteiger partial charge >= 0.3 is 0 Å². The average Bonchev–Trinajstić information content (AvgIpc) is 2.99. The molecule has 3 aromatic rings. The summed E-state index contributed by atoms with van der Waals surface area (Å²) in [6.07, 6.45) is 0.551. The van der Waals surface area contributed by atoms with Crippen molar-refractivity contribution in [3.8, 4) is 5.75 Å². The summed E-state index contributed by atoms with van der Waals surface area (Å²) in [4.78, 5) is 3.47. The largest absolute Gasteiger partial charge is 0.494 e. The quantitative estimate of drug-likeness (QED) is 0.761. The fraction of sp³-hybridized carbons (Fsp3) is 0.263. The van der Waals surface area contributed by atoms with Crippen LogP contribution in [-0.4, -0.2) is 30.9 Å². The molecule has 136 valence electrons. The first-order valence-corrected chi connectivity index (χ1v) is 9.95. The Morgan fingerprint density at radius 2 is 1.96 bits per heavy atom. The summed E-state index contributed by atoms with van der Waals surface area (Å²) in [6.45, 7) is 3.03. The van der Waals surface area contributed by atoms with E-state index in [9.17, 15) is 12.8 Å². The van der Waals surface area contributed by atoms with E-state index in [1.54, 1.807) is 30.3 Å². The van der Waals surface area contributed by atoms with E-state index in [-0.39, 0.29) is 17.3 Å². The predicted molar refractivity (Wildman–Crippen MR) is 97.2 cm³/mol. The van der Waals surface area contributed by atoms with Gasteiger partial charge in [0.25, 0.3) is 0 Å². The summed E-state index contributed by atoms with van der Waals surface area (Å²) < 4.78 is 46.2. The molecule has 1 aliphatic heterocycles. The second-order valence-corrected chi connectivity index (χ2v) is 8.20. The number of hydrogen-bond donors (Lipinski definition) is 1. The topological polar surface area (TPSA) is 62.4 Å². The maximum absolute atomic E-state index is 13.5. The van der Waals surface area contributed by atoms with Gasteiger partial charge in [-0.3, -0.25) is 0 Å². The van der Waals surface area contributed by atoms with Gasteiger partial charge < -0.3 is 9.72 Å². The van der Waals surface area contributed by atoms with Gasteiger partial charge in [0.15, 0.2) is 0 Å². The van der Waals surface area contributed by atoms with Gasteiger partial charge in [0.05, 0.1) is 18.0 Å². The lowest BCUT2D eigenvalue weighted by Crippen LogP contribution is -2.35. The summed E-state index contributed by atoms with van der Waals surface area (Å²) in [5.41, 5.74) is 2.65. The Kier molecular flexibility index (Phi) is 4.20. The van der Waals surface area contributed by atoms with Crippen molar-refractivity contribution in [2.24, 2.45) is 0 Å². The number of benzene rings is 2. The average molecular weight is 374 g/mol. The number of fused-ring (bicyclic) bond motifs is 3. The van der Waals surface area contributed by atoms with Crippen molar-refractivity contribution >= 4 is 20.9 Å². The lowest BCUT2D eigenvalue weighted by molar-refractivity contribution is 0.340. The Morgan fingerprint density at radius 1 is 1.19 bits per heavy atom. The first-order valence-electron chi connectivity index (χ1n) is 8.51. The van der Waals surface area contributed by atoms with Crippen LogP contribution in [0.2, 0.25) is 0 Å². The van der Waals surface area contributed by atoms with E-state index in [2.05, 4.69) is 4.98 Å². The first kappa shape index (κ1) is 17.1. The lowest BCUT2D eigenvalue weighted by atomic mass is 10.0. The van der Waals surface area contributed by atoms with Gasteiger partial charge in [0.2, 0.25) is 10.0 Å². The third kappa shape index (κ3) is 2.87. The number of aromatic amines is 1. The van der Waals surface area contributed by atoms with Crippen LogP contribution in [0.5, 0.6) is 5.75 Å². The van der Waals surface area contributed by atoms with Crippen molar-refractivity contribution in [3.05, 3.63) is 59.5 Å². The Hall–Kier alpha value is -2.38. The van der Waals surface area contributed by atoms with Gasteiger partial charge in [0, 0.05) is 23.1 Å². The smallest absolute Gasteiger partial charge is 0.243 e. The third-order valence-corrected chi connectivity index (χ3v) is 6.53. The Bertz CT molecular complexity index is 1060. The van der Waals surface area contributed by atoms with Gasteiger partial charge in [-0.05, 0) is 61.4 Å². The van der Waals surface area contributed by atoms with Crippen LogP contribution in [0, 0.1) is 5.82 Å². The highest BCUT2D eigenvalue weighted by atomic mass is 32.2. The summed E-state index contributed by atoms with van der Waals surface area (Å²) in [5.74, 6) is 0.355. The maximum atomic E-state index is 13.5. The molecule has 2 aromatic carbocycles. The number of sulfonamides is 1. The Morgan fingerprint density at radius 3 is 2.69 bits per heavy atom. The van der Waals surface area contributed by atoms with Gasteiger partial charge in [-0.2, -0.15) is 4.31 Å². The molecule has 0 saturated heterocycles. The monoisotopic (exact) mass is 374 g/mol. The molecule has 0 bridgehead atoms. The predicted octanol–water partition coefficient (Wildman–Crippen LogP) is 3.45. The van der Waals surface area contributed by atoms with E-state index >= 15 is 0 Å². The van der Waals surface area contributed by atoms with Crippen LogP contribution in [0.3, 0.4) is 0 Å². The Balaban J connectivity index is 1.64. The maximum Gasteiger partial charge on any atom is 0.243 e. The zero-order valence-corrected chi connectivity index (χ0v) is 15.1. The lowest BCUT2D eigenvalue weighted by Gasteiger charge is -2.26. The van der Waals surface area contributed by atoms with E-state index in [0.717, 1.165) is 22.2 Å². The second kappa shape index (κ2) is 6.41. The zero-order valence-electron chi connectivity index (χ0n) is 14.3. The molecule has 0 saturated carbocycles. The minimum absolute atomic E-state index is 0.242. The van der Waals surface area contributed by atoms with Gasteiger partial charge in [-0.15, -0.1) is 0 Å². The highest BCUT2D eigenvalue weighted by Crippen LogP contribution is 2.31. The van der Waals surface area contributed by atoms with Crippen molar-refractivity contribution in [2.45, 2.75) is 24.8 Å². The summed E-state index contributed by atoms with van der Waals surface area (Å²) in [6, 6.07) is 11.1. The number of H-pyrrole nitrogens is 1. The Labute approximate surface area is 151 Å². The van der Waals surface area contributed by atoms with Crippen LogP contribution in [0.1, 0.15) is 18.2 Å². The van der Waals surface area contributed by atoms with Crippen molar-refractivity contribution in [2.75, 3.05) is 13.2 Å². The van der Waals surface area contributed by atoms with E-state index in [0.29, 0.717) is 25.3 Å². The minimum atomic E-state index is -3.60. The molecular formula is C19H19FN2O3S. The van der Waals surface area contributed by atoms with Crippen molar-refractivity contribution in [1.82, 2.24) is 9.29 Å². The molecule has 5 nitrogen and oxygen atoms in total. The molecule has 0 fully saturated rings. The summed E-state index contributed by atoms with van der Waals surface area (Å²) in [7, 11) is -3.60. The van der Waals surface area contributed by atoms with Crippen LogP contribution in [0.4, 0.5) is 4.39 Å². The van der Waals surface area contributed by atoms with E-state index in [4.69, 9.17) is 4.74 Å². The molecule has 7 heteroatoms. The minimum Gasteiger partial charge on any atom is -0.494 e. The molecule has 0 amide bonds. The van der Waals surface area contributed by atoms with Gasteiger partial charge in [-0.25, -0.2) is 12.8 Å². The molecule has 2 heterocycles. The summed E-state index contributed by atoms with van der Waals surface area (Å²) >= 11 is 0. The zero-order chi connectivity index (χ0) is 18.3. The number of rotatable bonds is 4. The number of aromatic nitrogens is 1. The number of nitrogens with one attached hydrogen (secondary N) is 1. The molecule has 4 rings (SSSR count). The van der Waals surface area contributed by atoms with Crippen LogP contribution >= 0.6 is 0 Å². The van der Waals surface area contributed by atoms with Crippen LogP contribution < -0.4 is 4.74 Å². The SMILES string of the molecule is CCOc1ccc(S(=O)(=O)N2CCc3c([nH]c4ccc(F)cc34)C2)cc1. The normalized spacial score (nSPS) is 15.2. The molecule has 0 atom stereocenters. The first-order chi connectivity index (χ1) is 12.5. The molecule has 0 radical (unpaired) electrons. The van der Waals surface area contributed by atoms with Crippen LogP contribution in [0.25, 0.3) is 10.9 Å². The number of halogens is 1. The van der Waals surface area contributed by atoms with Crippen molar-refractivity contribution in [3.63, 3.8) is 0 Å². The molecule has 0 unspecified atom stereocenters. The van der Waals surface area contributed by atoms with Crippen molar-refractivity contribution < 1.29 is 17.5 Å². The third-order valence-electron chi connectivity index (χ3n) is 4.67. The molecule has 0 spiro atoms. The highest BCUT2D eigenvalue weighted by Gasteiger charge is 2.30. The number of ether oxygens (including phenoxy) is 1. The van der Waals surface area contributed by atoms with E-state index < -0.39 is 10.0 Å². The fourth-order valence-corrected chi connectivity index (χ4v) is 4.83. The van der Waals surface area contributed by atoms with Crippen LogP contribution in [-0.2, 0) is 23.0 Å². The fourth-order valence-electron chi connectivity index (χ4n) is 3.42. The summed E-state index contributed by atoms with van der Waals surface area (Å²) in [5, 5.41) is 0.832. The van der Waals surface area contributed by atoms with E-state index in [1.165, 1.54) is 16.4 Å². The van der Waals surface area contributed by atoms with E-state index in [1.807, 2.05) is 6.92 Å². The molecule has 0 aliphatic carbocycles.